The van der Waals surface area contributed by atoms with Gasteiger partial charge < -0.3 is 10.2 Å². The summed E-state index contributed by atoms with van der Waals surface area (Å²) in [5, 5.41) is 24.2. The summed E-state index contributed by atoms with van der Waals surface area (Å²) in [4.78, 5) is 14.3. The highest BCUT2D eigenvalue weighted by Gasteiger charge is 2.27. The van der Waals surface area contributed by atoms with Crippen molar-refractivity contribution in [3.05, 3.63) is 59.2 Å². The largest absolute Gasteiger partial charge is 0.480 e. The fraction of sp³-hybridized carbons (Fsp3) is 0.581. The Hall–Kier alpha value is -1.91. The Morgan fingerprint density at radius 2 is 1.85 bits per heavy atom. The third-order valence-electron chi connectivity index (χ3n) is 8.21. The molecule has 0 bridgehead atoms. The van der Waals surface area contributed by atoms with Crippen molar-refractivity contribution in [1.82, 2.24) is 10.2 Å². The highest BCUT2D eigenvalue weighted by Crippen LogP contribution is 2.34. The lowest BCUT2D eigenvalue weighted by molar-refractivity contribution is -0.140. The second-order valence-electron chi connectivity index (χ2n) is 11.6. The van der Waals surface area contributed by atoms with E-state index in [1.807, 2.05) is 43.3 Å². The van der Waals surface area contributed by atoms with Crippen LogP contribution in [-0.2, 0) is 21.2 Å². The molecule has 3 unspecified atom stereocenters. The van der Waals surface area contributed by atoms with Crippen LogP contribution >= 0.6 is 11.8 Å². The molecule has 3 atom stereocenters. The van der Waals surface area contributed by atoms with E-state index >= 15 is 0 Å². The monoisotopic (exact) mass is 588 g/mol. The summed E-state index contributed by atoms with van der Waals surface area (Å²) in [6.45, 7) is 5.01. The summed E-state index contributed by atoms with van der Waals surface area (Å²) in [5.41, 5.74) is 4.61. The maximum Gasteiger partial charge on any atom is 0.320 e. The zero-order valence-corrected chi connectivity index (χ0v) is 25.4. The van der Waals surface area contributed by atoms with Crippen molar-refractivity contribution in [2.45, 2.75) is 75.9 Å². The highest BCUT2D eigenvalue weighted by molar-refractivity contribution is 7.99. The van der Waals surface area contributed by atoms with Crippen LogP contribution in [-0.4, -0.2) is 71.6 Å². The van der Waals surface area contributed by atoms with Crippen LogP contribution in [0, 0.1) is 12.8 Å². The highest BCUT2D eigenvalue weighted by atomic mass is 32.2. The quantitative estimate of drug-likeness (QED) is 0.280. The summed E-state index contributed by atoms with van der Waals surface area (Å²) >= 11 is 2.16. The summed E-state index contributed by atoms with van der Waals surface area (Å²) in [6, 6.07) is 12.8. The average Bonchev–Trinajstić information content (AvgIpc) is 3.37. The van der Waals surface area contributed by atoms with Crippen molar-refractivity contribution >= 4 is 27.6 Å². The van der Waals surface area contributed by atoms with Gasteiger partial charge in [0.05, 0.1) is 5.75 Å². The smallest absolute Gasteiger partial charge is 0.320 e. The first-order chi connectivity index (χ1) is 19.1. The first-order valence-electron chi connectivity index (χ1n) is 14.5. The van der Waals surface area contributed by atoms with Gasteiger partial charge in [-0.05, 0) is 79.1 Å². The maximum atomic E-state index is 11.8. The van der Waals surface area contributed by atoms with Gasteiger partial charge in [-0.1, -0.05) is 55.7 Å². The van der Waals surface area contributed by atoms with Crippen LogP contribution in [0.15, 0.2) is 42.5 Å². The Kier molecular flexibility index (Phi) is 11.1. The zero-order chi connectivity index (χ0) is 28.7. The van der Waals surface area contributed by atoms with Gasteiger partial charge in [0.25, 0.3) is 0 Å². The van der Waals surface area contributed by atoms with Gasteiger partial charge >= 0.3 is 5.97 Å². The van der Waals surface area contributed by atoms with Crippen molar-refractivity contribution in [2.75, 3.05) is 30.9 Å². The minimum Gasteiger partial charge on any atom is -0.480 e. The number of rotatable bonds is 13. The molecule has 2 aromatic rings. The fourth-order valence-electron chi connectivity index (χ4n) is 5.90. The molecule has 1 saturated heterocycles. The van der Waals surface area contributed by atoms with Crippen molar-refractivity contribution in [3.63, 3.8) is 0 Å². The lowest BCUT2D eigenvalue weighted by Crippen LogP contribution is -2.40. The van der Waals surface area contributed by atoms with E-state index < -0.39 is 28.1 Å². The predicted molar refractivity (Wildman–Crippen MR) is 163 cm³/mol. The molecule has 1 aliphatic heterocycles. The van der Waals surface area contributed by atoms with Crippen LogP contribution in [0.2, 0.25) is 0 Å². The van der Waals surface area contributed by atoms with Crippen molar-refractivity contribution in [2.24, 2.45) is 5.92 Å². The number of benzene rings is 2. The number of sulfone groups is 1. The number of carboxylic acid groups (broad SMARTS) is 1. The van der Waals surface area contributed by atoms with Crippen LogP contribution < -0.4 is 5.32 Å². The number of aliphatic hydroxyl groups is 1. The number of likely N-dealkylation sites (tertiary alicyclic amines) is 1. The molecular formula is C31H44N2O5S2. The van der Waals surface area contributed by atoms with Crippen LogP contribution in [0.1, 0.15) is 67.9 Å². The van der Waals surface area contributed by atoms with Crippen molar-refractivity contribution in [3.8, 4) is 11.1 Å². The number of hydrogen-bond donors (Lipinski definition) is 3. The van der Waals surface area contributed by atoms with Gasteiger partial charge in [0.2, 0.25) is 0 Å². The number of carbonyl (C=O) groups is 1. The van der Waals surface area contributed by atoms with Crippen LogP contribution in [0.4, 0.5) is 0 Å². The van der Waals surface area contributed by atoms with Crippen LogP contribution in [0.5, 0.6) is 0 Å². The summed E-state index contributed by atoms with van der Waals surface area (Å²) in [7, 11) is -3.33. The fourth-order valence-corrected chi connectivity index (χ4v) is 8.03. The third kappa shape index (κ3) is 9.05. The van der Waals surface area contributed by atoms with Gasteiger partial charge in [-0.25, -0.2) is 8.42 Å². The number of aliphatic hydroxyl groups excluding tert-OH is 1. The number of aliphatic carboxylic acids is 1. The Bertz CT molecular complexity index is 1250. The van der Waals surface area contributed by atoms with E-state index in [0.29, 0.717) is 10.8 Å². The molecule has 1 aliphatic carbocycles. The Labute approximate surface area is 243 Å². The third-order valence-corrected chi connectivity index (χ3v) is 10.7. The van der Waals surface area contributed by atoms with Gasteiger partial charge in [-0.3, -0.25) is 15.0 Å². The standard InChI is InChI=1S/C31H44N2O5S2/c1-22-8-6-7-11-26(22)28-18-24(19-33-16-14-25(20-33)39-21-23-9-4-3-5-10-23)12-13-27(28)30(34)32-29(31(35)36)15-17-40(2,37)38/h6-8,11-13,18,23,25,29-30,32,34H,3-5,9-10,14-17,19-21H2,1-2H3,(H,35,36). The predicted octanol–water partition coefficient (Wildman–Crippen LogP) is 5.02. The first-order valence-corrected chi connectivity index (χ1v) is 17.6. The SMILES string of the molecule is Cc1ccccc1-c1cc(CN2CCC(SCC3CCCCC3)C2)ccc1C(O)NC(CCS(C)(=O)=O)C(=O)O. The topological polar surface area (TPSA) is 107 Å². The second kappa shape index (κ2) is 14.3. The molecule has 1 heterocycles. The van der Waals surface area contributed by atoms with Gasteiger partial charge in [0.15, 0.2) is 0 Å². The molecule has 1 saturated carbocycles. The average molecular weight is 589 g/mol. The van der Waals surface area contributed by atoms with E-state index in [4.69, 9.17) is 0 Å². The molecule has 40 heavy (non-hydrogen) atoms. The lowest BCUT2D eigenvalue weighted by atomic mass is 9.91. The van der Waals surface area contributed by atoms with Crippen molar-refractivity contribution in [1.29, 1.82) is 0 Å². The summed E-state index contributed by atoms with van der Waals surface area (Å²) in [6.07, 6.45) is 7.87. The van der Waals surface area contributed by atoms with Gasteiger partial charge in [-0.2, -0.15) is 11.8 Å². The Balaban J connectivity index is 1.47. The number of carboxylic acids is 1. The first kappa shape index (κ1) is 31.0. The molecule has 2 fully saturated rings. The Morgan fingerprint density at radius 3 is 2.55 bits per heavy atom. The van der Waals surface area contributed by atoms with Crippen LogP contribution in [0.3, 0.4) is 0 Å². The van der Waals surface area contributed by atoms with E-state index in [0.717, 1.165) is 54.1 Å². The zero-order valence-electron chi connectivity index (χ0n) is 23.7. The molecule has 2 aliphatic rings. The summed E-state index contributed by atoms with van der Waals surface area (Å²) < 4.78 is 23.2. The summed E-state index contributed by atoms with van der Waals surface area (Å²) in [5.74, 6) is 0.714. The number of thioether (sulfide) groups is 1. The molecular weight excluding hydrogens is 544 g/mol. The minimum atomic E-state index is -3.33. The van der Waals surface area contributed by atoms with Gasteiger partial charge in [-0.15, -0.1) is 0 Å². The van der Waals surface area contributed by atoms with Crippen molar-refractivity contribution < 1.29 is 23.4 Å². The molecule has 0 amide bonds. The number of hydrogen-bond acceptors (Lipinski definition) is 7. The molecule has 2 aromatic carbocycles. The maximum absolute atomic E-state index is 11.8. The van der Waals surface area contributed by atoms with E-state index in [9.17, 15) is 23.4 Å². The van der Waals surface area contributed by atoms with E-state index in [1.54, 1.807) is 0 Å². The van der Waals surface area contributed by atoms with E-state index in [2.05, 4.69) is 28.0 Å². The van der Waals surface area contributed by atoms with E-state index in [-0.39, 0.29) is 12.2 Å². The number of nitrogens with one attached hydrogen (secondary N) is 1. The minimum absolute atomic E-state index is 0.127. The molecule has 4 rings (SSSR count). The van der Waals surface area contributed by atoms with E-state index in [1.165, 1.54) is 44.3 Å². The lowest BCUT2D eigenvalue weighted by Gasteiger charge is -2.24. The molecule has 7 nitrogen and oxygen atoms in total. The second-order valence-corrected chi connectivity index (χ2v) is 15.2. The van der Waals surface area contributed by atoms with Crippen LogP contribution in [0.25, 0.3) is 11.1 Å². The molecule has 3 N–H and O–H groups in total. The van der Waals surface area contributed by atoms with Gasteiger partial charge in [0, 0.05) is 30.2 Å². The van der Waals surface area contributed by atoms with Gasteiger partial charge in [0.1, 0.15) is 22.1 Å². The number of nitrogens with zero attached hydrogens (tertiary/aromatic N) is 1. The molecule has 9 heteroatoms. The molecule has 0 aromatic heterocycles. The molecule has 220 valence electrons. The Morgan fingerprint density at radius 1 is 1.10 bits per heavy atom. The normalized spacial score (nSPS) is 20.4. The molecule has 0 spiro atoms. The molecule has 0 radical (unpaired) electrons. The number of aryl methyl sites for hydroxylation is 1.